The van der Waals surface area contributed by atoms with Crippen molar-refractivity contribution in [3.05, 3.63) is 12.2 Å². The first kappa shape index (κ1) is 29.2. The van der Waals surface area contributed by atoms with Crippen LogP contribution < -0.4 is 5.32 Å². The highest BCUT2D eigenvalue weighted by molar-refractivity contribution is 5.75. The van der Waals surface area contributed by atoms with Gasteiger partial charge >= 0.3 is 0 Å². The van der Waals surface area contributed by atoms with Gasteiger partial charge in [-0.05, 0) is 38.5 Å². The second kappa shape index (κ2) is 26.2. The Hall–Kier alpha value is -0.790. The van der Waals surface area contributed by atoms with Gasteiger partial charge in [-0.2, -0.15) is 0 Å². The molecule has 0 heterocycles. The molecule has 0 aromatic carbocycles. The number of rotatable bonds is 24. The van der Waals surface area contributed by atoms with Crippen LogP contribution in [0.5, 0.6) is 0 Å². The summed E-state index contributed by atoms with van der Waals surface area (Å²) in [6, 6.07) is 0. The first-order valence-electron chi connectivity index (χ1n) is 13.7. The van der Waals surface area contributed by atoms with Crippen LogP contribution in [0.15, 0.2) is 12.2 Å². The predicted octanol–water partition coefficient (Wildman–Crippen LogP) is 9.28. The molecule has 0 saturated carbocycles. The van der Waals surface area contributed by atoms with Crippen LogP contribution in [0.1, 0.15) is 155 Å². The molecule has 2 heteroatoms. The van der Waals surface area contributed by atoms with Gasteiger partial charge in [-0.1, -0.05) is 122 Å². The van der Waals surface area contributed by atoms with Crippen molar-refractivity contribution in [3.8, 4) is 0 Å². The number of amides is 1. The molecule has 1 N–H and O–H groups in total. The molecule has 0 saturated heterocycles. The molecule has 2 nitrogen and oxygen atoms in total. The van der Waals surface area contributed by atoms with Crippen LogP contribution in [0, 0.1) is 0 Å². The minimum Gasteiger partial charge on any atom is -0.356 e. The molecule has 178 valence electrons. The normalized spacial score (nSPS) is 11.4. The molecule has 0 aromatic rings. The number of allylic oxidation sites excluding steroid dienone is 2. The lowest BCUT2D eigenvalue weighted by atomic mass is 10.1. The molecule has 0 unspecified atom stereocenters. The van der Waals surface area contributed by atoms with Gasteiger partial charge in [0.2, 0.25) is 5.91 Å². The van der Waals surface area contributed by atoms with E-state index in [1.807, 2.05) is 0 Å². The molecule has 0 aliphatic carbocycles. The van der Waals surface area contributed by atoms with Crippen molar-refractivity contribution in [2.75, 3.05) is 6.54 Å². The van der Waals surface area contributed by atoms with E-state index in [1.54, 1.807) is 0 Å². The monoisotopic (exact) mass is 421 g/mol. The van der Waals surface area contributed by atoms with Crippen molar-refractivity contribution in [3.63, 3.8) is 0 Å². The van der Waals surface area contributed by atoms with Gasteiger partial charge in [0.1, 0.15) is 0 Å². The Morgan fingerprint density at radius 2 is 0.933 bits per heavy atom. The number of hydrogen-bond acceptors (Lipinski definition) is 1. The molecular formula is C28H55NO. The molecule has 0 radical (unpaired) electrons. The smallest absolute Gasteiger partial charge is 0.219 e. The van der Waals surface area contributed by atoms with Crippen molar-refractivity contribution in [2.24, 2.45) is 0 Å². The fourth-order valence-electron chi connectivity index (χ4n) is 3.93. The molecule has 0 spiro atoms. The molecule has 0 aromatic heterocycles. The average Bonchev–Trinajstić information content (AvgIpc) is 2.75. The van der Waals surface area contributed by atoms with Crippen LogP contribution in [-0.4, -0.2) is 12.5 Å². The molecule has 0 rings (SSSR count). The van der Waals surface area contributed by atoms with Crippen molar-refractivity contribution < 1.29 is 4.79 Å². The summed E-state index contributed by atoms with van der Waals surface area (Å²) in [4.78, 5) is 11.7. The van der Waals surface area contributed by atoms with Crippen molar-refractivity contribution in [1.29, 1.82) is 0 Å². The summed E-state index contributed by atoms with van der Waals surface area (Å²) in [7, 11) is 0. The summed E-state index contributed by atoms with van der Waals surface area (Å²) in [5.74, 6) is 0.257. The fraction of sp³-hybridized carbons (Fsp3) is 0.893. The van der Waals surface area contributed by atoms with Gasteiger partial charge in [0.05, 0.1) is 0 Å². The summed E-state index contributed by atoms with van der Waals surface area (Å²) < 4.78 is 0. The Morgan fingerprint density at radius 1 is 0.533 bits per heavy atom. The number of carbonyl (C=O) groups is 1. The number of carbonyl (C=O) groups excluding carboxylic acids is 1. The lowest BCUT2D eigenvalue weighted by Crippen LogP contribution is -2.23. The lowest BCUT2D eigenvalue weighted by Gasteiger charge is -2.05. The maximum absolute atomic E-state index is 11.7. The molecule has 0 fully saturated rings. The van der Waals surface area contributed by atoms with E-state index < -0.39 is 0 Å². The minimum atomic E-state index is 0.257. The van der Waals surface area contributed by atoms with Gasteiger partial charge in [0, 0.05) is 13.0 Å². The Labute approximate surface area is 190 Å². The van der Waals surface area contributed by atoms with Crippen LogP contribution in [0.25, 0.3) is 0 Å². The highest BCUT2D eigenvalue weighted by Gasteiger charge is 2.00. The van der Waals surface area contributed by atoms with E-state index in [1.165, 1.54) is 122 Å². The molecule has 30 heavy (non-hydrogen) atoms. The Balaban J connectivity index is 3.15. The van der Waals surface area contributed by atoms with Gasteiger partial charge in [0.25, 0.3) is 0 Å². The minimum absolute atomic E-state index is 0.257. The topological polar surface area (TPSA) is 29.1 Å². The molecular weight excluding hydrogens is 366 g/mol. The molecule has 1 amide bonds. The zero-order chi connectivity index (χ0) is 22.0. The first-order valence-corrected chi connectivity index (χ1v) is 13.7. The maximum Gasteiger partial charge on any atom is 0.219 e. The molecule has 0 bridgehead atoms. The van der Waals surface area contributed by atoms with E-state index in [2.05, 4.69) is 31.3 Å². The van der Waals surface area contributed by atoms with E-state index in [0.717, 1.165) is 25.8 Å². The molecule has 0 aliphatic rings. The van der Waals surface area contributed by atoms with Gasteiger partial charge in [-0.25, -0.2) is 0 Å². The van der Waals surface area contributed by atoms with Crippen molar-refractivity contribution >= 4 is 5.91 Å². The number of hydrogen-bond donors (Lipinski definition) is 1. The largest absolute Gasteiger partial charge is 0.356 e. The quantitative estimate of drug-likeness (QED) is 0.122. The van der Waals surface area contributed by atoms with Crippen LogP contribution in [0.4, 0.5) is 0 Å². The first-order chi connectivity index (χ1) is 14.8. The van der Waals surface area contributed by atoms with Crippen LogP contribution in [0.2, 0.25) is 0 Å². The third kappa shape index (κ3) is 25.2. The third-order valence-electron chi connectivity index (χ3n) is 6.02. The van der Waals surface area contributed by atoms with Crippen molar-refractivity contribution in [1.82, 2.24) is 5.32 Å². The summed E-state index contributed by atoms with van der Waals surface area (Å²) in [5.41, 5.74) is 0. The Morgan fingerprint density at radius 3 is 1.43 bits per heavy atom. The zero-order valence-corrected chi connectivity index (χ0v) is 20.8. The summed E-state index contributed by atoms with van der Waals surface area (Å²) in [5, 5.41) is 3.06. The van der Waals surface area contributed by atoms with Gasteiger partial charge < -0.3 is 5.32 Å². The van der Waals surface area contributed by atoms with E-state index >= 15 is 0 Å². The Bertz CT molecular complexity index is 364. The van der Waals surface area contributed by atoms with Crippen LogP contribution in [-0.2, 0) is 4.79 Å². The van der Waals surface area contributed by atoms with Gasteiger partial charge in [-0.3, -0.25) is 4.79 Å². The summed E-state index contributed by atoms with van der Waals surface area (Å²) in [6.07, 6.45) is 33.2. The summed E-state index contributed by atoms with van der Waals surface area (Å²) in [6.45, 7) is 5.37. The predicted molar refractivity (Wildman–Crippen MR) is 135 cm³/mol. The standard InChI is InChI=1S/C28H55NO/c1-3-5-7-9-10-11-12-13-14-15-16-17-18-19-20-21-22-23-24-26-28(30)29-27-25-8-6-4-2/h13-14H,3-12,15-27H2,1-2H3,(H,29,30)/b14-13-. The van der Waals surface area contributed by atoms with Crippen LogP contribution in [0.3, 0.4) is 0 Å². The van der Waals surface area contributed by atoms with Gasteiger partial charge in [-0.15, -0.1) is 0 Å². The fourth-order valence-corrected chi connectivity index (χ4v) is 3.93. The Kier molecular flexibility index (Phi) is 25.6. The second-order valence-corrected chi connectivity index (χ2v) is 9.16. The molecule has 0 atom stereocenters. The second-order valence-electron chi connectivity index (χ2n) is 9.16. The van der Waals surface area contributed by atoms with E-state index in [9.17, 15) is 4.79 Å². The molecule has 0 aliphatic heterocycles. The zero-order valence-electron chi connectivity index (χ0n) is 20.8. The van der Waals surface area contributed by atoms with Gasteiger partial charge in [0.15, 0.2) is 0 Å². The van der Waals surface area contributed by atoms with E-state index in [0.29, 0.717) is 0 Å². The maximum atomic E-state index is 11.7. The SMILES string of the molecule is CCCCCCCC/C=C\CCCCCCCCCCCC(=O)NCCCCCC. The van der Waals surface area contributed by atoms with E-state index in [4.69, 9.17) is 0 Å². The van der Waals surface area contributed by atoms with Crippen LogP contribution >= 0.6 is 0 Å². The number of nitrogens with one attached hydrogen (secondary N) is 1. The van der Waals surface area contributed by atoms with E-state index in [-0.39, 0.29) is 5.91 Å². The number of unbranched alkanes of at least 4 members (excludes halogenated alkanes) is 18. The van der Waals surface area contributed by atoms with Crippen molar-refractivity contribution in [2.45, 2.75) is 155 Å². The lowest BCUT2D eigenvalue weighted by molar-refractivity contribution is -0.121. The average molecular weight is 422 g/mol. The highest BCUT2D eigenvalue weighted by atomic mass is 16.1. The third-order valence-corrected chi connectivity index (χ3v) is 6.02. The summed E-state index contributed by atoms with van der Waals surface area (Å²) >= 11 is 0. The highest BCUT2D eigenvalue weighted by Crippen LogP contribution is 2.12.